The van der Waals surface area contributed by atoms with Crippen LogP contribution in [0.4, 0.5) is 0 Å². The molecule has 0 aliphatic heterocycles. The standard InChI is InChI=1S/C19H21NO5/c1-19(18(22)25-4,14-8-6-5-7-9-14)20-17(21)13-10-11-15(23-2)16(12-13)24-3/h5-12H,1-4H3,(H,20,21)/t19-/m1/s1. The second kappa shape index (κ2) is 7.70. The molecule has 0 aliphatic carbocycles. The molecule has 0 unspecified atom stereocenters. The summed E-state index contributed by atoms with van der Waals surface area (Å²) < 4.78 is 15.3. The third-order valence-electron chi connectivity index (χ3n) is 3.95. The topological polar surface area (TPSA) is 73.9 Å². The van der Waals surface area contributed by atoms with Crippen LogP contribution in [-0.2, 0) is 15.1 Å². The summed E-state index contributed by atoms with van der Waals surface area (Å²) in [6.07, 6.45) is 0. The lowest BCUT2D eigenvalue weighted by molar-refractivity contribution is -0.147. The van der Waals surface area contributed by atoms with E-state index in [0.717, 1.165) is 0 Å². The summed E-state index contributed by atoms with van der Waals surface area (Å²) in [6, 6.07) is 13.7. The number of esters is 1. The normalized spacial score (nSPS) is 12.6. The minimum atomic E-state index is -1.32. The highest BCUT2D eigenvalue weighted by Gasteiger charge is 2.38. The highest BCUT2D eigenvalue weighted by molar-refractivity contribution is 5.98. The van der Waals surface area contributed by atoms with Crippen molar-refractivity contribution in [1.82, 2.24) is 5.32 Å². The van der Waals surface area contributed by atoms with E-state index in [2.05, 4.69) is 5.32 Å². The van der Waals surface area contributed by atoms with Crippen molar-refractivity contribution in [3.8, 4) is 11.5 Å². The number of amides is 1. The van der Waals surface area contributed by atoms with Crippen molar-refractivity contribution >= 4 is 11.9 Å². The smallest absolute Gasteiger partial charge is 0.336 e. The molecule has 0 saturated carbocycles. The van der Waals surface area contributed by atoms with E-state index < -0.39 is 17.4 Å². The Kier molecular flexibility index (Phi) is 5.64. The Hall–Kier alpha value is -3.02. The van der Waals surface area contributed by atoms with E-state index in [0.29, 0.717) is 22.6 Å². The Morgan fingerprint density at radius 3 is 2.12 bits per heavy atom. The van der Waals surface area contributed by atoms with Gasteiger partial charge in [-0.2, -0.15) is 0 Å². The number of carbonyl (C=O) groups excluding carboxylic acids is 2. The van der Waals surface area contributed by atoms with Gasteiger partial charge in [-0.1, -0.05) is 30.3 Å². The molecule has 1 amide bonds. The van der Waals surface area contributed by atoms with Crippen LogP contribution in [0.15, 0.2) is 48.5 Å². The summed E-state index contributed by atoms with van der Waals surface area (Å²) >= 11 is 0. The molecule has 0 heterocycles. The minimum absolute atomic E-state index is 0.337. The van der Waals surface area contributed by atoms with E-state index in [9.17, 15) is 9.59 Å². The molecule has 1 N–H and O–H groups in total. The lowest BCUT2D eigenvalue weighted by Gasteiger charge is -2.28. The van der Waals surface area contributed by atoms with Crippen molar-refractivity contribution in [3.05, 3.63) is 59.7 Å². The highest BCUT2D eigenvalue weighted by Crippen LogP contribution is 2.28. The Bertz CT molecular complexity index is 760. The Labute approximate surface area is 146 Å². The van der Waals surface area contributed by atoms with Gasteiger partial charge >= 0.3 is 5.97 Å². The van der Waals surface area contributed by atoms with Crippen molar-refractivity contribution in [2.45, 2.75) is 12.5 Å². The number of rotatable bonds is 6. The molecule has 132 valence electrons. The lowest BCUT2D eigenvalue weighted by atomic mass is 9.91. The largest absolute Gasteiger partial charge is 0.493 e. The number of hydrogen-bond acceptors (Lipinski definition) is 5. The number of carbonyl (C=O) groups is 2. The fourth-order valence-electron chi connectivity index (χ4n) is 2.49. The van der Waals surface area contributed by atoms with Crippen LogP contribution in [0.2, 0.25) is 0 Å². The van der Waals surface area contributed by atoms with E-state index in [1.54, 1.807) is 49.4 Å². The van der Waals surface area contributed by atoms with Crippen LogP contribution in [-0.4, -0.2) is 33.2 Å². The van der Waals surface area contributed by atoms with E-state index in [1.807, 2.05) is 6.07 Å². The van der Waals surface area contributed by atoms with Gasteiger partial charge in [-0.25, -0.2) is 4.79 Å². The van der Waals surface area contributed by atoms with Gasteiger partial charge in [0.15, 0.2) is 17.0 Å². The van der Waals surface area contributed by atoms with Crippen molar-refractivity contribution in [2.75, 3.05) is 21.3 Å². The number of nitrogens with one attached hydrogen (secondary N) is 1. The molecule has 0 spiro atoms. The molecule has 0 fully saturated rings. The molecule has 25 heavy (non-hydrogen) atoms. The second-order valence-electron chi connectivity index (χ2n) is 5.51. The Morgan fingerprint density at radius 2 is 1.56 bits per heavy atom. The van der Waals surface area contributed by atoms with Gasteiger partial charge in [0, 0.05) is 5.56 Å². The zero-order valence-corrected chi connectivity index (χ0v) is 14.7. The first kappa shape index (κ1) is 18.3. The van der Waals surface area contributed by atoms with Crippen LogP contribution in [0.25, 0.3) is 0 Å². The molecule has 0 aromatic heterocycles. The number of ether oxygens (including phenoxy) is 3. The van der Waals surface area contributed by atoms with Gasteiger partial charge in [0.05, 0.1) is 21.3 Å². The average molecular weight is 343 g/mol. The van der Waals surface area contributed by atoms with Crippen LogP contribution < -0.4 is 14.8 Å². The summed E-state index contributed by atoms with van der Waals surface area (Å²) in [6.45, 7) is 1.60. The van der Waals surface area contributed by atoms with Gasteiger partial charge in [-0.3, -0.25) is 4.79 Å². The van der Waals surface area contributed by atoms with Crippen LogP contribution in [0.1, 0.15) is 22.8 Å². The van der Waals surface area contributed by atoms with Crippen LogP contribution >= 0.6 is 0 Å². The van der Waals surface area contributed by atoms with Crippen LogP contribution in [0, 0.1) is 0 Å². The van der Waals surface area contributed by atoms with Crippen molar-refractivity contribution in [2.24, 2.45) is 0 Å². The summed E-state index contributed by atoms with van der Waals surface area (Å²) in [5.41, 5.74) is -0.361. The fraction of sp³-hybridized carbons (Fsp3) is 0.263. The predicted octanol–water partition coefficient (Wildman–Crippen LogP) is 2.52. The Morgan fingerprint density at radius 1 is 0.920 bits per heavy atom. The molecule has 6 nitrogen and oxygen atoms in total. The summed E-state index contributed by atoms with van der Waals surface area (Å²) in [5.74, 6) is -0.0577. The zero-order valence-electron chi connectivity index (χ0n) is 14.7. The van der Waals surface area contributed by atoms with E-state index in [1.165, 1.54) is 21.3 Å². The molecular weight excluding hydrogens is 322 g/mol. The molecular formula is C19H21NO5. The molecule has 2 aromatic carbocycles. The summed E-state index contributed by atoms with van der Waals surface area (Å²) in [5, 5.41) is 2.76. The molecule has 0 aliphatic rings. The molecule has 0 bridgehead atoms. The SMILES string of the molecule is COC(=O)[C@](C)(NC(=O)c1ccc(OC)c(OC)c1)c1ccccc1. The lowest BCUT2D eigenvalue weighted by Crippen LogP contribution is -2.50. The maximum absolute atomic E-state index is 12.7. The summed E-state index contributed by atoms with van der Waals surface area (Å²) in [4.78, 5) is 25.0. The Balaban J connectivity index is 2.36. The molecule has 0 radical (unpaired) electrons. The minimum Gasteiger partial charge on any atom is -0.493 e. The van der Waals surface area contributed by atoms with Gasteiger partial charge in [0.1, 0.15) is 0 Å². The third-order valence-corrected chi connectivity index (χ3v) is 3.95. The molecule has 0 saturated heterocycles. The first-order chi connectivity index (χ1) is 12.0. The second-order valence-corrected chi connectivity index (χ2v) is 5.51. The van der Waals surface area contributed by atoms with Gasteiger partial charge in [-0.15, -0.1) is 0 Å². The number of methoxy groups -OCH3 is 3. The van der Waals surface area contributed by atoms with Gasteiger partial charge in [-0.05, 0) is 30.7 Å². The monoisotopic (exact) mass is 343 g/mol. The maximum atomic E-state index is 12.7. The first-order valence-electron chi connectivity index (χ1n) is 7.64. The van der Waals surface area contributed by atoms with Gasteiger partial charge in [0.25, 0.3) is 5.91 Å². The van der Waals surface area contributed by atoms with Crippen LogP contribution in [0.5, 0.6) is 11.5 Å². The van der Waals surface area contributed by atoms with Crippen LogP contribution in [0.3, 0.4) is 0 Å². The third kappa shape index (κ3) is 3.74. The van der Waals surface area contributed by atoms with Crippen molar-refractivity contribution < 1.29 is 23.8 Å². The molecule has 1 atom stereocenters. The van der Waals surface area contributed by atoms with Crippen molar-refractivity contribution in [1.29, 1.82) is 0 Å². The number of hydrogen-bond donors (Lipinski definition) is 1. The molecule has 2 aromatic rings. The molecule has 2 rings (SSSR count). The molecule has 6 heteroatoms. The quantitative estimate of drug-likeness (QED) is 0.816. The predicted molar refractivity (Wildman–Crippen MR) is 92.8 cm³/mol. The van der Waals surface area contributed by atoms with Gasteiger partial charge in [0.2, 0.25) is 0 Å². The first-order valence-corrected chi connectivity index (χ1v) is 7.64. The van der Waals surface area contributed by atoms with E-state index in [4.69, 9.17) is 14.2 Å². The zero-order chi connectivity index (χ0) is 18.4. The van der Waals surface area contributed by atoms with E-state index >= 15 is 0 Å². The van der Waals surface area contributed by atoms with E-state index in [-0.39, 0.29) is 0 Å². The number of benzene rings is 2. The van der Waals surface area contributed by atoms with Crippen molar-refractivity contribution in [3.63, 3.8) is 0 Å². The average Bonchev–Trinajstić information content (AvgIpc) is 2.67. The summed E-state index contributed by atoms with van der Waals surface area (Å²) in [7, 11) is 4.29. The highest BCUT2D eigenvalue weighted by atomic mass is 16.5. The maximum Gasteiger partial charge on any atom is 0.336 e. The fourth-order valence-corrected chi connectivity index (χ4v) is 2.49. The van der Waals surface area contributed by atoms with Gasteiger partial charge < -0.3 is 19.5 Å².